The Kier molecular flexibility index (Phi) is 4.67. The molecule has 2 heterocycles. The highest BCUT2D eigenvalue weighted by Crippen LogP contribution is 2.34. The van der Waals surface area contributed by atoms with E-state index >= 15 is 0 Å². The number of alkyl halides is 2. The van der Waals surface area contributed by atoms with Crippen molar-refractivity contribution >= 4 is 38.8 Å². The van der Waals surface area contributed by atoms with Gasteiger partial charge in [-0.3, -0.25) is 4.79 Å². The molecule has 1 aromatic carbocycles. The van der Waals surface area contributed by atoms with E-state index < -0.39 is 12.3 Å². The van der Waals surface area contributed by atoms with Crippen LogP contribution < -0.4 is 11.1 Å². The third kappa shape index (κ3) is 3.32. The zero-order chi connectivity index (χ0) is 18.1. The van der Waals surface area contributed by atoms with Crippen molar-refractivity contribution in [2.45, 2.75) is 26.7 Å². The number of hydrogen-bond acceptors (Lipinski definition) is 4. The molecule has 0 fully saturated rings. The van der Waals surface area contributed by atoms with Crippen molar-refractivity contribution in [3.8, 4) is 0 Å². The molecule has 7 heteroatoms. The second-order valence-electron chi connectivity index (χ2n) is 5.68. The van der Waals surface area contributed by atoms with Gasteiger partial charge in [-0.05, 0) is 37.1 Å². The number of aryl methyl sites for hydroxylation is 2. The standard InChI is InChI=1S/C18H17F2N3OS/c1-3-13-9(2)7-12-14(21)15(25-18(12)23-13)17(24)22-11-6-4-5-10(8-11)16(19)20/h4-8,16H,3,21H2,1-2H3,(H,22,24). The summed E-state index contributed by atoms with van der Waals surface area (Å²) in [6.07, 6.45) is -1.80. The Bertz CT molecular complexity index is 953. The Morgan fingerprint density at radius 2 is 2.12 bits per heavy atom. The summed E-state index contributed by atoms with van der Waals surface area (Å²) in [7, 11) is 0. The van der Waals surface area contributed by atoms with E-state index in [4.69, 9.17) is 5.73 Å². The van der Waals surface area contributed by atoms with E-state index in [1.807, 2.05) is 19.9 Å². The topological polar surface area (TPSA) is 68.0 Å². The third-order valence-electron chi connectivity index (χ3n) is 3.95. The van der Waals surface area contributed by atoms with Crippen molar-refractivity contribution < 1.29 is 13.6 Å². The van der Waals surface area contributed by atoms with Crippen LogP contribution in [-0.2, 0) is 6.42 Å². The molecule has 0 aliphatic carbocycles. The molecule has 25 heavy (non-hydrogen) atoms. The van der Waals surface area contributed by atoms with Gasteiger partial charge in [-0.25, -0.2) is 13.8 Å². The van der Waals surface area contributed by atoms with E-state index in [-0.39, 0.29) is 5.56 Å². The molecule has 1 amide bonds. The minimum absolute atomic E-state index is 0.146. The summed E-state index contributed by atoms with van der Waals surface area (Å²) in [6, 6.07) is 7.53. The van der Waals surface area contributed by atoms with Crippen molar-refractivity contribution in [1.82, 2.24) is 4.98 Å². The van der Waals surface area contributed by atoms with Crippen LogP contribution in [0.25, 0.3) is 10.2 Å². The van der Waals surface area contributed by atoms with Crippen LogP contribution in [0.15, 0.2) is 30.3 Å². The molecule has 0 bridgehead atoms. The van der Waals surface area contributed by atoms with Gasteiger partial charge in [0.25, 0.3) is 12.3 Å². The summed E-state index contributed by atoms with van der Waals surface area (Å²) >= 11 is 1.20. The highest BCUT2D eigenvalue weighted by molar-refractivity contribution is 7.21. The molecule has 3 aromatic rings. The van der Waals surface area contributed by atoms with Crippen molar-refractivity contribution in [2.75, 3.05) is 11.1 Å². The molecule has 0 aliphatic rings. The number of aromatic nitrogens is 1. The lowest BCUT2D eigenvalue weighted by Crippen LogP contribution is -2.12. The lowest BCUT2D eigenvalue weighted by atomic mass is 10.1. The Morgan fingerprint density at radius 3 is 2.80 bits per heavy atom. The third-order valence-corrected chi connectivity index (χ3v) is 5.07. The Balaban J connectivity index is 1.94. The molecule has 0 aliphatic heterocycles. The van der Waals surface area contributed by atoms with E-state index in [1.54, 1.807) is 6.07 Å². The highest BCUT2D eigenvalue weighted by Gasteiger charge is 2.19. The summed E-state index contributed by atoms with van der Waals surface area (Å²) in [5, 5.41) is 3.37. The number of rotatable bonds is 4. The number of nitrogen functional groups attached to an aromatic ring is 1. The lowest BCUT2D eigenvalue weighted by Gasteiger charge is -2.06. The predicted octanol–water partition coefficient (Wildman–Crippen LogP) is 4.94. The maximum atomic E-state index is 12.8. The zero-order valence-electron chi connectivity index (χ0n) is 13.8. The Labute approximate surface area is 147 Å². The minimum atomic E-state index is -2.59. The second kappa shape index (κ2) is 6.76. The van der Waals surface area contributed by atoms with Crippen molar-refractivity contribution in [3.63, 3.8) is 0 Å². The highest BCUT2D eigenvalue weighted by atomic mass is 32.1. The van der Waals surface area contributed by atoms with Crippen LogP contribution in [0.4, 0.5) is 20.2 Å². The number of thiophene rings is 1. The zero-order valence-corrected chi connectivity index (χ0v) is 14.6. The number of hydrogen-bond donors (Lipinski definition) is 2. The van der Waals surface area contributed by atoms with Crippen LogP contribution in [0.2, 0.25) is 0 Å². The first-order valence-electron chi connectivity index (χ1n) is 7.78. The summed E-state index contributed by atoms with van der Waals surface area (Å²) in [4.78, 5) is 18.1. The monoisotopic (exact) mass is 361 g/mol. The second-order valence-corrected chi connectivity index (χ2v) is 6.68. The van der Waals surface area contributed by atoms with Gasteiger partial charge in [0.2, 0.25) is 0 Å². The molecule has 3 rings (SSSR count). The maximum absolute atomic E-state index is 12.8. The largest absolute Gasteiger partial charge is 0.397 e. The van der Waals surface area contributed by atoms with E-state index in [0.717, 1.165) is 23.1 Å². The van der Waals surface area contributed by atoms with Crippen LogP contribution in [0.5, 0.6) is 0 Å². The van der Waals surface area contributed by atoms with Gasteiger partial charge in [-0.2, -0.15) is 0 Å². The number of nitrogens with two attached hydrogens (primary N) is 1. The number of amides is 1. The Hall–Kier alpha value is -2.54. The quantitative estimate of drug-likeness (QED) is 0.692. The molecule has 0 radical (unpaired) electrons. The molecule has 0 spiro atoms. The minimum Gasteiger partial charge on any atom is -0.397 e. The van der Waals surface area contributed by atoms with Gasteiger partial charge in [-0.1, -0.05) is 19.1 Å². The Morgan fingerprint density at radius 1 is 1.36 bits per heavy atom. The fourth-order valence-electron chi connectivity index (χ4n) is 2.64. The van der Waals surface area contributed by atoms with Crippen LogP contribution in [-0.4, -0.2) is 10.9 Å². The summed E-state index contributed by atoms with van der Waals surface area (Å²) in [6.45, 7) is 3.97. The van der Waals surface area contributed by atoms with Gasteiger partial charge in [0.05, 0.1) is 5.69 Å². The van der Waals surface area contributed by atoms with E-state index in [2.05, 4.69) is 10.3 Å². The molecule has 0 saturated heterocycles. The van der Waals surface area contributed by atoms with E-state index in [9.17, 15) is 13.6 Å². The number of nitrogens with one attached hydrogen (secondary N) is 1. The number of carbonyl (C=O) groups is 1. The smallest absolute Gasteiger partial charge is 0.267 e. The number of halogens is 2. The van der Waals surface area contributed by atoms with Gasteiger partial charge >= 0.3 is 0 Å². The lowest BCUT2D eigenvalue weighted by molar-refractivity contribution is 0.103. The first kappa shape index (κ1) is 17.3. The molecule has 0 atom stereocenters. The molecular formula is C18H17F2N3OS. The predicted molar refractivity (Wildman–Crippen MR) is 97.5 cm³/mol. The summed E-state index contributed by atoms with van der Waals surface area (Å²) in [5.41, 5.74) is 8.63. The van der Waals surface area contributed by atoms with Crippen molar-refractivity contribution in [1.29, 1.82) is 0 Å². The van der Waals surface area contributed by atoms with E-state index in [1.165, 1.54) is 29.5 Å². The molecule has 130 valence electrons. The first-order valence-corrected chi connectivity index (χ1v) is 8.60. The van der Waals surface area contributed by atoms with Crippen LogP contribution in [0.3, 0.4) is 0 Å². The molecule has 4 nitrogen and oxygen atoms in total. The van der Waals surface area contributed by atoms with Gasteiger partial charge in [0.1, 0.15) is 9.71 Å². The number of benzene rings is 1. The fraction of sp³-hybridized carbons (Fsp3) is 0.222. The van der Waals surface area contributed by atoms with Crippen molar-refractivity contribution in [3.05, 3.63) is 52.0 Å². The van der Waals surface area contributed by atoms with Crippen LogP contribution in [0.1, 0.15) is 39.8 Å². The number of nitrogens with zero attached hydrogens (tertiary/aromatic N) is 1. The molecule has 0 saturated carbocycles. The number of carbonyl (C=O) groups excluding carboxylic acids is 1. The summed E-state index contributed by atoms with van der Waals surface area (Å²) in [5.74, 6) is -0.428. The normalized spacial score (nSPS) is 11.2. The van der Waals surface area contributed by atoms with Gasteiger partial charge in [0.15, 0.2) is 0 Å². The van der Waals surface area contributed by atoms with Gasteiger partial charge < -0.3 is 11.1 Å². The maximum Gasteiger partial charge on any atom is 0.267 e. The van der Waals surface area contributed by atoms with E-state index in [0.29, 0.717) is 21.1 Å². The van der Waals surface area contributed by atoms with Crippen LogP contribution in [0, 0.1) is 6.92 Å². The number of pyridine rings is 1. The SMILES string of the molecule is CCc1nc2sc(C(=O)Nc3cccc(C(F)F)c3)c(N)c2cc1C. The molecule has 2 aromatic heterocycles. The van der Waals surface area contributed by atoms with Gasteiger partial charge in [0, 0.05) is 22.3 Å². The fourth-order valence-corrected chi connectivity index (χ4v) is 3.64. The number of fused-ring (bicyclic) bond motifs is 1. The molecule has 0 unspecified atom stereocenters. The van der Waals surface area contributed by atoms with Crippen molar-refractivity contribution in [2.24, 2.45) is 0 Å². The average molecular weight is 361 g/mol. The first-order chi connectivity index (χ1) is 11.9. The average Bonchev–Trinajstić information content (AvgIpc) is 2.90. The molecule has 3 N–H and O–H groups in total. The number of anilines is 2. The molecular weight excluding hydrogens is 344 g/mol. The summed E-state index contributed by atoms with van der Waals surface area (Å²) < 4.78 is 25.6. The van der Waals surface area contributed by atoms with Crippen LogP contribution >= 0.6 is 11.3 Å². The van der Waals surface area contributed by atoms with Gasteiger partial charge in [-0.15, -0.1) is 11.3 Å².